The number of unbranched alkanes of at least 4 members (excludes halogenated alkanes) is 2. The van der Waals surface area contributed by atoms with Gasteiger partial charge in [-0.05, 0) is 101 Å². The van der Waals surface area contributed by atoms with E-state index in [1.807, 2.05) is 5.32 Å². The predicted molar refractivity (Wildman–Crippen MR) is 297 cm³/mol. The number of carboxylic acid groups (broad SMARTS) is 2. The second-order valence-corrected chi connectivity index (χ2v) is 20.4. The van der Waals surface area contributed by atoms with Crippen molar-refractivity contribution in [2.75, 3.05) is 25.4 Å². The van der Waals surface area contributed by atoms with Crippen LogP contribution in [-0.4, -0.2) is 177 Å². The molecule has 21 N–H and O–H groups in total. The minimum atomic E-state index is -1.84. The van der Waals surface area contributed by atoms with E-state index in [1.54, 1.807) is 27.7 Å². The molecule has 1 rings (SSSR count). The normalized spacial score (nSPS) is 15.2. The molecule has 10 amide bonds. The first kappa shape index (κ1) is 71.9. The number of phenolic OH excluding ortho intramolecular Hbond substituents is 1. The van der Waals surface area contributed by atoms with Crippen LogP contribution in [0.4, 0.5) is 0 Å². The minimum absolute atomic E-state index is 0.00340. The van der Waals surface area contributed by atoms with Crippen molar-refractivity contribution in [3.8, 4) is 5.75 Å². The Morgan fingerprint density at radius 2 is 1.00 bits per heavy atom. The summed E-state index contributed by atoms with van der Waals surface area (Å²) < 4.78 is 0. The molecule has 0 unspecified atom stereocenters. The molecule has 30 heteroatoms. The van der Waals surface area contributed by atoms with Crippen molar-refractivity contribution in [2.24, 2.45) is 34.8 Å². The Morgan fingerprint density at radius 1 is 0.556 bits per heavy atom. The van der Waals surface area contributed by atoms with E-state index in [0.29, 0.717) is 37.7 Å². The summed E-state index contributed by atoms with van der Waals surface area (Å²) in [4.78, 5) is 159. The number of phenols is 1. The van der Waals surface area contributed by atoms with Crippen LogP contribution in [0.5, 0.6) is 5.75 Å². The smallest absolute Gasteiger partial charge is 0.328 e. The molecule has 0 radical (unpaired) electrons. The van der Waals surface area contributed by atoms with Crippen LogP contribution in [-0.2, 0) is 64.0 Å². The molecular formula is C51H85N13O16S. The molecule has 0 aliphatic carbocycles. The summed E-state index contributed by atoms with van der Waals surface area (Å²) >= 11 is 4.02. The number of amides is 10. The van der Waals surface area contributed by atoms with Crippen molar-refractivity contribution in [3.05, 3.63) is 29.8 Å². The van der Waals surface area contributed by atoms with Crippen molar-refractivity contribution >= 4 is 83.6 Å². The maximum absolute atomic E-state index is 14.4. The molecule has 1 aromatic carbocycles. The quantitative estimate of drug-likeness (QED) is 0.0219. The molecule has 0 saturated heterocycles. The van der Waals surface area contributed by atoms with Gasteiger partial charge in [-0.25, -0.2) is 4.79 Å². The summed E-state index contributed by atoms with van der Waals surface area (Å²) in [6.45, 7) is 7.45. The Hall–Kier alpha value is -7.15. The summed E-state index contributed by atoms with van der Waals surface area (Å²) in [5.74, 6) is -13.3. The molecule has 0 heterocycles. The summed E-state index contributed by atoms with van der Waals surface area (Å²) in [6.07, 6.45) is -0.139. The second kappa shape index (κ2) is 37.7. The molecule has 11 atom stereocenters. The van der Waals surface area contributed by atoms with Crippen LogP contribution in [0.2, 0.25) is 0 Å². The Morgan fingerprint density at radius 3 is 1.48 bits per heavy atom. The number of thiol groups is 1. The first-order valence-electron chi connectivity index (χ1n) is 26.7. The Kier molecular flexibility index (Phi) is 33.5. The number of carbonyl (C=O) groups excluding carboxylic acids is 10. The number of benzene rings is 1. The predicted octanol–water partition coefficient (Wildman–Crippen LogP) is -4.26. The van der Waals surface area contributed by atoms with Gasteiger partial charge in [-0.3, -0.25) is 52.7 Å². The van der Waals surface area contributed by atoms with Gasteiger partial charge in [0.05, 0.1) is 19.1 Å². The van der Waals surface area contributed by atoms with E-state index in [4.69, 9.17) is 22.9 Å². The fraction of sp³-hybridized carbons (Fsp3) is 0.647. The number of carbonyl (C=O) groups is 12. The summed E-state index contributed by atoms with van der Waals surface area (Å²) in [5.41, 5.74) is 23.1. The van der Waals surface area contributed by atoms with Crippen LogP contribution < -0.4 is 70.8 Å². The lowest BCUT2D eigenvalue weighted by Gasteiger charge is -2.30. The Labute approximate surface area is 475 Å². The van der Waals surface area contributed by atoms with Crippen LogP contribution >= 0.6 is 12.6 Å². The van der Waals surface area contributed by atoms with Gasteiger partial charge in [0, 0.05) is 18.6 Å². The van der Waals surface area contributed by atoms with Gasteiger partial charge < -0.3 is 91.2 Å². The van der Waals surface area contributed by atoms with Gasteiger partial charge in [-0.2, -0.15) is 12.6 Å². The van der Waals surface area contributed by atoms with Crippen LogP contribution in [0.15, 0.2) is 24.3 Å². The van der Waals surface area contributed by atoms with Crippen LogP contribution in [0, 0.1) is 11.8 Å². The van der Waals surface area contributed by atoms with Crippen molar-refractivity contribution < 1.29 is 78.0 Å². The van der Waals surface area contributed by atoms with E-state index in [0.717, 1.165) is 0 Å². The number of nitrogens with two attached hydrogens (primary N) is 4. The van der Waals surface area contributed by atoms with E-state index in [1.165, 1.54) is 31.2 Å². The molecule has 0 bridgehead atoms. The van der Waals surface area contributed by atoms with Crippen LogP contribution in [0.25, 0.3) is 0 Å². The number of rotatable bonds is 40. The first-order valence-corrected chi connectivity index (χ1v) is 27.4. The van der Waals surface area contributed by atoms with Gasteiger partial charge in [0.15, 0.2) is 0 Å². The van der Waals surface area contributed by atoms with E-state index in [2.05, 4.69) is 55.2 Å². The third-order valence-electron chi connectivity index (χ3n) is 12.7. The van der Waals surface area contributed by atoms with Crippen molar-refractivity contribution in [1.29, 1.82) is 0 Å². The number of primary amides is 1. The van der Waals surface area contributed by atoms with Gasteiger partial charge in [-0.15, -0.1) is 0 Å². The minimum Gasteiger partial charge on any atom is -0.508 e. The molecule has 0 aliphatic rings. The van der Waals surface area contributed by atoms with Crippen molar-refractivity contribution in [2.45, 2.75) is 172 Å². The van der Waals surface area contributed by atoms with Gasteiger partial charge in [0.2, 0.25) is 59.1 Å². The number of hydrogen-bond acceptors (Lipinski definition) is 18. The number of nitrogens with one attached hydrogen (secondary N) is 9. The highest BCUT2D eigenvalue weighted by Crippen LogP contribution is 2.16. The molecule has 0 saturated carbocycles. The highest BCUT2D eigenvalue weighted by molar-refractivity contribution is 7.80. The summed E-state index contributed by atoms with van der Waals surface area (Å²) in [7, 11) is 0. The molecule has 0 aliphatic heterocycles. The molecule has 0 aromatic heterocycles. The fourth-order valence-corrected chi connectivity index (χ4v) is 7.94. The van der Waals surface area contributed by atoms with Crippen LogP contribution in [0.3, 0.4) is 0 Å². The highest BCUT2D eigenvalue weighted by Gasteiger charge is 2.37. The van der Waals surface area contributed by atoms with Crippen LogP contribution in [0.1, 0.15) is 111 Å². The maximum atomic E-state index is 14.4. The zero-order valence-corrected chi connectivity index (χ0v) is 47.4. The number of aliphatic hydroxyl groups excluding tert-OH is 1. The zero-order valence-electron chi connectivity index (χ0n) is 46.5. The molecule has 29 nitrogen and oxygen atoms in total. The van der Waals surface area contributed by atoms with E-state index in [9.17, 15) is 78.0 Å². The lowest BCUT2D eigenvalue weighted by molar-refractivity contribution is -0.144. The topological polar surface area (TPSA) is 498 Å². The van der Waals surface area contributed by atoms with Gasteiger partial charge in [0.25, 0.3) is 0 Å². The molecular weight excluding hydrogens is 1080 g/mol. The lowest BCUT2D eigenvalue weighted by Crippen LogP contribution is -2.61. The highest BCUT2D eigenvalue weighted by atomic mass is 32.1. The summed E-state index contributed by atoms with van der Waals surface area (Å²) in [5, 5.41) is 60.2. The van der Waals surface area contributed by atoms with E-state index >= 15 is 0 Å². The fourth-order valence-electron chi connectivity index (χ4n) is 7.77. The maximum Gasteiger partial charge on any atom is 0.328 e. The van der Waals surface area contributed by atoms with Crippen molar-refractivity contribution in [3.63, 3.8) is 0 Å². The molecule has 456 valence electrons. The van der Waals surface area contributed by atoms with Gasteiger partial charge in [-0.1, -0.05) is 46.2 Å². The number of aliphatic hydroxyl groups is 1. The largest absolute Gasteiger partial charge is 0.508 e. The van der Waals surface area contributed by atoms with Gasteiger partial charge in [0.1, 0.15) is 60.1 Å². The lowest BCUT2D eigenvalue weighted by atomic mass is 9.96. The third kappa shape index (κ3) is 27.2. The zero-order chi connectivity index (χ0) is 61.5. The number of carboxylic acids is 2. The van der Waals surface area contributed by atoms with Gasteiger partial charge >= 0.3 is 11.9 Å². The number of hydrogen-bond donors (Lipinski definition) is 18. The molecule has 0 spiro atoms. The molecule has 81 heavy (non-hydrogen) atoms. The standard InChI is InChI=1S/C51H85N13O16S/c1-6-27(4)41(64-49(77)36(22-29-13-15-30(66)16-14-29)61-46(74)34(17-18-39(55)67)57-43(71)31(54)25-81)50(78)59-33(12-8-10-20-53)45(73)58-32(11-7-9-19-52)44(72)56-28(5)42(70)60-35(21-26(2)3)47(75)62-37(23-40(68)69)48(76)63-38(24-65)51(79)80/h13-16,26-28,31-38,41,65-66,81H,6-12,17-25,52-54H2,1-5H3,(H2,55,67)(H,56,72)(H,57,71)(H,58,73)(H,59,78)(H,60,70)(H,61,74)(H,62,75)(H,63,76)(H,64,77)(H,68,69)(H,79,80)/t27-,28-,31-,32-,33-,34-,35-,36-,37-,38-,41-/m0/s1. The first-order chi connectivity index (χ1) is 38.1. The average Bonchev–Trinajstić information content (AvgIpc) is 3.40. The van der Waals surface area contributed by atoms with E-state index in [-0.39, 0.29) is 69.0 Å². The summed E-state index contributed by atoms with van der Waals surface area (Å²) in [6, 6.07) is -8.82. The van der Waals surface area contributed by atoms with E-state index < -0.39 is 150 Å². The SMILES string of the molecule is CC[C@H](C)[C@H](NC(=O)[C@H](Cc1ccc(O)cc1)NC(=O)[C@H](CCC(N)=O)NC(=O)[C@@H](N)CS)C(=O)N[C@@H](CCCCN)C(=O)N[C@@H](CCCCN)C(=O)N[C@@H](C)C(=O)N[C@@H](CC(C)C)C(=O)N[C@@H](CC(=O)O)C(=O)N[C@@H](CO)C(=O)O. The average molecular weight is 1170 g/mol. The van der Waals surface area contributed by atoms with Crippen molar-refractivity contribution in [1.82, 2.24) is 47.9 Å². The number of aromatic hydroxyl groups is 1. The third-order valence-corrected chi connectivity index (χ3v) is 13.1. The molecule has 0 fully saturated rings. The number of aliphatic carboxylic acids is 2. The molecule has 1 aromatic rings. The Balaban J connectivity index is 3.54. The second-order valence-electron chi connectivity index (χ2n) is 20.0. The Bertz CT molecular complexity index is 2280. The monoisotopic (exact) mass is 1170 g/mol.